The molecule has 1 aliphatic rings. The van der Waals surface area contributed by atoms with Gasteiger partial charge in [-0.3, -0.25) is 14.5 Å². The molecule has 0 radical (unpaired) electrons. The third-order valence-electron chi connectivity index (χ3n) is 6.07. The molecule has 4 aromatic rings. The average molecular weight is 524 g/mol. The molecule has 1 fully saturated rings. The molecule has 0 unspecified atom stereocenters. The molecule has 0 atom stereocenters. The molecular weight excluding hydrogens is 498 g/mol. The molecule has 4 aromatic carbocycles. The second-order valence-electron chi connectivity index (χ2n) is 8.81. The number of rotatable bonds is 7. The standard InChI is InChI=1S/C31H25NO5S/c1-3-36-27-17-21(18-28-29(33)32(31(35)38-28)19-22-9-6-8-20(2)16-22)14-15-26(27)37-30(34)25-13-7-11-23-10-4-5-12-24(23)25/h4-18H,3,19H2,1-2H3/b28-18-. The van der Waals surface area contributed by atoms with E-state index in [2.05, 4.69) is 0 Å². The molecule has 5 rings (SSSR count). The lowest BCUT2D eigenvalue weighted by molar-refractivity contribution is -0.123. The number of amides is 2. The highest BCUT2D eigenvalue weighted by molar-refractivity contribution is 8.18. The molecule has 2 amide bonds. The van der Waals surface area contributed by atoms with Crippen LogP contribution in [0.1, 0.15) is 34.0 Å². The minimum atomic E-state index is -0.493. The van der Waals surface area contributed by atoms with Crippen LogP contribution in [-0.2, 0) is 11.3 Å². The Kier molecular flexibility index (Phi) is 7.29. The minimum Gasteiger partial charge on any atom is -0.490 e. The Morgan fingerprint density at radius 1 is 0.921 bits per heavy atom. The van der Waals surface area contributed by atoms with Crippen LogP contribution < -0.4 is 9.47 Å². The van der Waals surface area contributed by atoms with Gasteiger partial charge in [0.15, 0.2) is 11.5 Å². The lowest BCUT2D eigenvalue weighted by atomic mass is 10.0. The third-order valence-corrected chi connectivity index (χ3v) is 6.98. The number of ether oxygens (including phenoxy) is 2. The van der Waals surface area contributed by atoms with Crippen molar-refractivity contribution in [1.29, 1.82) is 0 Å². The molecule has 0 spiro atoms. The first-order valence-corrected chi connectivity index (χ1v) is 13.0. The van der Waals surface area contributed by atoms with E-state index in [1.165, 1.54) is 4.90 Å². The molecule has 1 saturated heterocycles. The molecule has 1 heterocycles. The number of aryl methyl sites for hydroxylation is 1. The van der Waals surface area contributed by atoms with Gasteiger partial charge < -0.3 is 9.47 Å². The van der Waals surface area contributed by atoms with E-state index in [-0.39, 0.29) is 23.4 Å². The van der Waals surface area contributed by atoms with Gasteiger partial charge in [-0.05, 0) is 71.8 Å². The molecule has 1 aliphatic heterocycles. The van der Waals surface area contributed by atoms with Crippen molar-refractivity contribution in [3.05, 3.63) is 112 Å². The van der Waals surface area contributed by atoms with Crippen molar-refractivity contribution in [1.82, 2.24) is 4.90 Å². The number of imide groups is 1. The van der Waals surface area contributed by atoms with Crippen LogP contribution in [0.2, 0.25) is 0 Å². The summed E-state index contributed by atoms with van der Waals surface area (Å²) in [5.74, 6) is -0.193. The van der Waals surface area contributed by atoms with E-state index in [0.29, 0.717) is 28.4 Å². The number of benzene rings is 4. The summed E-state index contributed by atoms with van der Waals surface area (Å²) in [6.07, 6.45) is 1.65. The SMILES string of the molecule is CCOc1cc(/C=C2\SC(=O)N(Cc3cccc(C)c3)C2=O)ccc1OC(=O)c1cccc2ccccc12. The molecule has 38 heavy (non-hydrogen) atoms. The maximum Gasteiger partial charge on any atom is 0.344 e. The van der Waals surface area contributed by atoms with Crippen molar-refractivity contribution in [2.24, 2.45) is 0 Å². The maximum absolute atomic E-state index is 13.1. The van der Waals surface area contributed by atoms with Gasteiger partial charge in [-0.25, -0.2) is 4.79 Å². The Morgan fingerprint density at radius 3 is 2.53 bits per heavy atom. The Balaban J connectivity index is 1.37. The monoisotopic (exact) mass is 523 g/mol. The summed E-state index contributed by atoms with van der Waals surface area (Å²) in [6.45, 7) is 4.38. The third kappa shape index (κ3) is 5.33. The molecule has 7 heteroatoms. The van der Waals surface area contributed by atoms with Gasteiger partial charge in [0.25, 0.3) is 11.1 Å². The molecule has 6 nitrogen and oxygen atoms in total. The van der Waals surface area contributed by atoms with Gasteiger partial charge >= 0.3 is 5.97 Å². The number of esters is 1. The van der Waals surface area contributed by atoms with Crippen LogP contribution in [0.3, 0.4) is 0 Å². The number of carbonyl (C=O) groups is 3. The van der Waals surface area contributed by atoms with E-state index in [9.17, 15) is 14.4 Å². The fourth-order valence-corrected chi connectivity index (χ4v) is 5.14. The topological polar surface area (TPSA) is 72.9 Å². The Morgan fingerprint density at radius 2 is 1.71 bits per heavy atom. The number of hydrogen-bond acceptors (Lipinski definition) is 6. The summed E-state index contributed by atoms with van der Waals surface area (Å²) in [5, 5.41) is 1.43. The zero-order valence-electron chi connectivity index (χ0n) is 21.0. The predicted molar refractivity (Wildman–Crippen MR) is 149 cm³/mol. The Bertz CT molecular complexity index is 1590. The fourth-order valence-electron chi connectivity index (χ4n) is 4.31. The highest BCUT2D eigenvalue weighted by atomic mass is 32.2. The largest absolute Gasteiger partial charge is 0.490 e. The lowest BCUT2D eigenvalue weighted by Crippen LogP contribution is -2.27. The van der Waals surface area contributed by atoms with Crippen molar-refractivity contribution in [2.75, 3.05) is 6.61 Å². The number of fused-ring (bicyclic) bond motifs is 1. The molecule has 0 aliphatic carbocycles. The zero-order chi connectivity index (χ0) is 26.6. The van der Waals surface area contributed by atoms with Gasteiger partial charge in [0, 0.05) is 0 Å². The van der Waals surface area contributed by atoms with E-state index in [4.69, 9.17) is 9.47 Å². The van der Waals surface area contributed by atoms with Gasteiger partial charge in [-0.2, -0.15) is 0 Å². The van der Waals surface area contributed by atoms with E-state index in [1.807, 2.05) is 74.5 Å². The van der Waals surface area contributed by atoms with E-state index in [0.717, 1.165) is 33.7 Å². The van der Waals surface area contributed by atoms with Crippen LogP contribution in [0.4, 0.5) is 4.79 Å². The van der Waals surface area contributed by atoms with Crippen LogP contribution in [-0.4, -0.2) is 28.6 Å². The quantitative estimate of drug-likeness (QED) is 0.147. The molecule has 0 N–H and O–H groups in total. The summed E-state index contributed by atoms with van der Waals surface area (Å²) in [6, 6.07) is 25.9. The average Bonchev–Trinajstić information content (AvgIpc) is 3.17. The van der Waals surface area contributed by atoms with Gasteiger partial charge in [0.05, 0.1) is 23.6 Å². The summed E-state index contributed by atoms with van der Waals surface area (Å²) in [5.41, 5.74) is 3.07. The van der Waals surface area contributed by atoms with Gasteiger partial charge in [-0.15, -0.1) is 0 Å². The summed E-state index contributed by atoms with van der Waals surface area (Å²) in [4.78, 5) is 40.2. The predicted octanol–water partition coefficient (Wildman–Crippen LogP) is 7.00. The smallest absolute Gasteiger partial charge is 0.344 e. The van der Waals surface area contributed by atoms with Crippen molar-refractivity contribution < 1.29 is 23.9 Å². The molecule has 0 saturated carbocycles. The lowest BCUT2D eigenvalue weighted by Gasteiger charge is -2.13. The van der Waals surface area contributed by atoms with Crippen LogP contribution in [0.5, 0.6) is 11.5 Å². The second-order valence-corrected chi connectivity index (χ2v) is 9.81. The number of thioether (sulfide) groups is 1. The van der Waals surface area contributed by atoms with Crippen LogP contribution in [0.25, 0.3) is 16.8 Å². The Hall–Kier alpha value is -4.36. The van der Waals surface area contributed by atoms with Crippen LogP contribution in [0, 0.1) is 6.92 Å². The summed E-state index contributed by atoms with van der Waals surface area (Å²) in [7, 11) is 0. The van der Waals surface area contributed by atoms with Crippen molar-refractivity contribution in [3.8, 4) is 11.5 Å². The Labute approximate surface area is 224 Å². The minimum absolute atomic E-state index is 0.219. The molecule has 0 aromatic heterocycles. The first kappa shape index (κ1) is 25.3. The molecular formula is C31H25NO5S. The zero-order valence-corrected chi connectivity index (χ0v) is 21.8. The van der Waals surface area contributed by atoms with E-state index >= 15 is 0 Å². The van der Waals surface area contributed by atoms with Gasteiger partial charge in [0.1, 0.15) is 0 Å². The molecule has 0 bridgehead atoms. The number of nitrogens with zero attached hydrogens (tertiary/aromatic N) is 1. The van der Waals surface area contributed by atoms with Crippen molar-refractivity contribution in [3.63, 3.8) is 0 Å². The van der Waals surface area contributed by atoms with Gasteiger partial charge in [-0.1, -0.05) is 72.3 Å². The van der Waals surface area contributed by atoms with E-state index in [1.54, 1.807) is 30.3 Å². The number of hydrogen-bond donors (Lipinski definition) is 0. The highest BCUT2D eigenvalue weighted by Crippen LogP contribution is 2.36. The molecule has 190 valence electrons. The number of carbonyl (C=O) groups excluding carboxylic acids is 3. The first-order valence-electron chi connectivity index (χ1n) is 12.2. The first-order chi connectivity index (χ1) is 18.4. The fraction of sp³-hybridized carbons (Fsp3) is 0.129. The maximum atomic E-state index is 13.1. The normalized spacial score (nSPS) is 14.4. The highest BCUT2D eigenvalue weighted by Gasteiger charge is 2.35. The van der Waals surface area contributed by atoms with Crippen LogP contribution in [0.15, 0.2) is 89.8 Å². The van der Waals surface area contributed by atoms with Gasteiger partial charge in [0.2, 0.25) is 0 Å². The van der Waals surface area contributed by atoms with Crippen molar-refractivity contribution in [2.45, 2.75) is 20.4 Å². The van der Waals surface area contributed by atoms with Crippen molar-refractivity contribution >= 4 is 45.7 Å². The van der Waals surface area contributed by atoms with Crippen LogP contribution >= 0.6 is 11.8 Å². The van der Waals surface area contributed by atoms with E-state index < -0.39 is 5.97 Å². The second kappa shape index (κ2) is 10.9. The summed E-state index contributed by atoms with van der Waals surface area (Å²) < 4.78 is 11.5. The summed E-state index contributed by atoms with van der Waals surface area (Å²) >= 11 is 0.905.